The third kappa shape index (κ3) is 3.24. The fourth-order valence-corrected chi connectivity index (χ4v) is 2.12. The number of benzene rings is 1. The van der Waals surface area contributed by atoms with Crippen LogP contribution in [0.2, 0.25) is 0 Å². The maximum Gasteiger partial charge on any atom is 0.101 e. The van der Waals surface area contributed by atoms with Crippen molar-refractivity contribution < 1.29 is 0 Å². The zero-order valence-electron chi connectivity index (χ0n) is 11.2. The normalized spacial score (nSPS) is 14.3. The molecule has 0 amide bonds. The third-order valence-electron chi connectivity index (χ3n) is 3.32. The van der Waals surface area contributed by atoms with Gasteiger partial charge in [-0.2, -0.15) is 5.26 Å². The van der Waals surface area contributed by atoms with E-state index in [9.17, 15) is 5.26 Å². The molecular formula is C15H21N3. The molecule has 2 rings (SSSR count). The molecule has 18 heavy (non-hydrogen) atoms. The number of hydrogen-bond donors (Lipinski definition) is 1. The van der Waals surface area contributed by atoms with Crippen LogP contribution in [0.5, 0.6) is 0 Å². The first-order chi connectivity index (χ1) is 8.74. The van der Waals surface area contributed by atoms with Gasteiger partial charge in [-0.3, -0.25) is 0 Å². The number of anilines is 1. The first-order valence-corrected chi connectivity index (χ1v) is 6.72. The van der Waals surface area contributed by atoms with E-state index in [4.69, 9.17) is 0 Å². The van der Waals surface area contributed by atoms with Crippen LogP contribution >= 0.6 is 0 Å². The van der Waals surface area contributed by atoms with Gasteiger partial charge < -0.3 is 10.2 Å². The molecule has 1 aliphatic rings. The molecule has 0 radical (unpaired) electrons. The Bertz CT molecular complexity index is 444. The van der Waals surface area contributed by atoms with Gasteiger partial charge in [0.05, 0.1) is 11.3 Å². The molecule has 1 aromatic rings. The van der Waals surface area contributed by atoms with Crippen molar-refractivity contribution in [2.75, 3.05) is 18.5 Å². The number of hydrogen-bond acceptors (Lipinski definition) is 3. The lowest BCUT2D eigenvalue weighted by Gasteiger charge is -2.20. The van der Waals surface area contributed by atoms with Crippen LogP contribution in [0.15, 0.2) is 18.2 Å². The summed E-state index contributed by atoms with van der Waals surface area (Å²) in [4.78, 5) is 2.15. The summed E-state index contributed by atoms with van der Waals surface area (Å²) < 4.78 is 0. The van der Waals surface area contributed by atoms with Gasteiger partial charge in [0, 0.05) is 26.2 Å². The lowest BCUT2D eigenvalue weighted by atomic mass is 10.1. The second-order valence-electron chi connectivity index (χ2n) is 5.04. The van der Waals surface area contributed by atoms with Gasteiger partial charge in [0.2, 0.25) is 0 Å². The SMILES string of the molecule is CCCN(C)c1ccc(CNC2CC2)cc1C#N. The van der Waals surface area contributed by atoms with Gasteiger partial charge in [0.1, 0.15) is 6.07 Å². The van der Waals surface area contributed by atoms with E-state index in [1.54, 1.807) is 0 Å². The Morgan fingerprint density at radius 2 is 2.22 bits per heavy atom. The van der Waals surface area contributed by atoms with Gasteiger partial charge >= 0.3 is 0 Å². The quantitative estimate of drug-likeness (QED) is 0.835. The summed E-state index contributed by atoms with van der Waals surface area (Å²) in [5.74, 6) is 0. The minimum absolute atomic E-state index is 0.706. The predicted molar refractivity (Wildman–Crippen MR) is 74.6 cm³/mol. The smallest absolute Gasteiger partial charge is 0.101 e. The van der Waals surface area contributed by atoms with E-state index in [0.717, 1.165) is 30.8 Å². The lowest BCUT2D eigenvalue weighted by molar-refractivity contribution is 0.687. The molecular weight excluding hydrogens is 222 g/mol. The van der Waals surface area contributed by atoms with Crippen LogP contribution < -0.4 is 10.2 Å². The van der Waals surface area contributed by atoms with Crippen molar-refractivity contribution in [1.82, 2.24) is 5.32 Å². The molecule has 0 atom stereocenters. The predicted octanol–water partition coefficient (Wildman–Crippen LogP) is 2.66. The summed E-state index contributed by atoms with van der Waals surface area (Å²) in [5, 5.41) is 12.7. The van der Waals surface area contributed by atoms with Crippen LogP contribution in [-0.4, -0.2) is 19.6 Å². The molecule has 1 fully saturated rings. The number of nitrogens with zero attached hydrogens (tertiary/aromatic N) is 2. The largest absolute Gasteiger partial charge is 0.374 e. The van der Waals surface area contributed by atoms with E-state index in [0.29, 0.717) is 6.04 Å². The average molecular weight is 243 g/mol. The topological polar surface area (TPSA) is 39.1 Å². The molecule has 3 nitrogen and oxygen atoms in total. The standard InChI is InChI=1S/C15H21N3/c1-3-8-18(2)15-7-4-12(9-13(15)10-16)11-17-14-5-6-14/h4,7,9,14,17H,3,5-6,8,11H2,1-2H3. The second kappa shape index (κ2) is 5.88. The van der Waals surface area contributed by atoms with E-state index in [2.05, 4.69) is 35.3 Å². The van der Waals surface area contributed by atoms with Crippen LogP contribution in [0, 0.1) is 11.3 Å². The first-order valence-electron chi connectivity index (χ1n) is 6.72. The van der Waals surface area contributed by atoms with Gasteiger partial charge in [0.15, 0.2) is 0 Å². The maximum atomic E-state index is 9.25. The Morgan fingerprint density at radius 3 is 2.83 bits per heavy atom. The first kappa shape index (κ1) is 12.9. The molecule has 0 saturated heterocycles. The summed E-state index contributed by atoms with van der Waals surface area (Å²) in [5.41, 5.74) is 3.02. The summed E-state index contributed by atoms with van der Waals surface area (Å²) in [7, 11) is 2.04. The van der Waals surface area contributed by atoms with E-state index >= 15 is 0 Å². The minimum Gasteiger partial charge on any atom is -0.374 e. The minimum atomic E-state index is 0.706. The molecule has 0 unspecified atom stereocenters. The molecule has 0 aromatic heterocycles. The zero-order chi connectivity index (χ0) is 13.0. The van der Waals surface area contributed by atoms with Crippen LogP contribution in [0.3, 0.4) is 0 Å². The fraction of sp³-hybridized carbons (Fsp3) is 0.533. The molecule has 1 aromatic carbocycles. The number of nitrogens with one attached hydrogen (secondary N) is 1. The highest BCUT2D eigenvalue weighted by molar-refractivity contribution is 5.60. The zero-order valence-corrected chi connectivity index (χ0v) is 11.2. The van der Waals surface area contributed by atoms with Crippen molar-refractivity contribution in [1.29, 1.82) is 5.26 Å². The van der Waals surface area contributed by atoms with Crippen LogP contribution in [0.4, 0.5) is 5.69 Å². The number of rotatable bonds is 6. The highest BCUT2D eigenvalue weighted by Gasteiger charge is 2.20. The molecule has 0 heterocycles. The highest BCUT2D eigenvalue weighted by Crippen LogP contribution is 2.22. The molecule has 3 heteroatoms. The molecule has 0 spiro atoms. The van der Waals surface area contributed by atoms with Gasteiger partial charge in [-0.05, 0) is 37.0 Å². The Morgan fingerprint density at radius 1 is 1.44 bits per heavy atom. The second-order valence-corrected chi connectivity index (χ2v) is 5.04. The molecule has 1 saturated carbocycles. The molecule has 1 N–H and O–H groups in total. The van der Waals surface area contributed by atoms with Crippen LogP contribution in [0.25, 0.3) is 0 Å². The van der Waals surface area contributed by atoms with Crippen molar-refractivity contribution in [3.8, 4) is 6.07 Å². The van der Waals surface area contributed by atoms with E-state index in [-0.39, 0.29) is 0 Å². The summed E-state index contributed by atoms with van der Waals surface area (Å²) in [6, 6.07) is 9.22. The van der Waals surface area contributed by atoms with Crippen molar-refractivity contribution >= 4 is 5.69 Å². The van der Waals surface area contributed by atoms with Gasteiger partial charge in [-0.25, -0.2) is 0 Å². The highest BCUT2D eigenvalue weighted by atomic mass is 15.1. The van der Waals surface area contributed by atoms with E-state index in [1.807, 2.05) is 13.1 Å². The average Bonchev–Trinajstić information content (AvgIpc) is 3.20. The third-order valence-corrected chi connectivity index (χ3v) is 3.32. The van der Waals surface area contributed by atoms with E-state index < -0.39 is 0 Å². The fourth-order valence-electron chi connectivity index (χ4n) is 2.12. The Labute approximate surface area is 109 Å². The van der Waals surface area contributed by atoms with Crippen molar-refractivity contribution in [3.05, 3.63) is 29.3 Å². The summed E-state index contributed by atoms with van der Waals surface area (Å²) in [6.45, 7) is 4.00. The van der Waals surface area contributed by atoms with Gasteiger partial charge in [0.25, 0.3) is 0 Å². The molecule has 96 valence electrons. The van der Waals surface area contributed by atoms with Crippen molar-refractivity contribution in [2.24, 2.45) is 0 Å². The van der Waals surface area contributed by atoms with Gasteiger partial charge in [-0.15, -0.1) is 0 Å². The van der Waals surface area contributed by atoms with Crippen molar-refractivity contribution in [2.45, 2.75) is 38.8 Å². The van der Waals surface area contributed by atoms with E-state index in [1.165, 1.54) is 18.4 Å². The lowest BCUT2D eigenvalue weighted by Crippen LogP contribution is -2.19. The Hall–Kier alpha value is -1.53. The Balaban J connectivity index is 2.09. The Kier molecular flexibility index (Phi) is 4.22. The molecule has 0 bridgehead atoms. The maximum absolute atomic E-state index is 9.25. The summed E-state index contributed by atoms with van der Waals surface area (Å²) in [6.07, 6.45) is 3.68. The van der Waals surface area contributed by atoms with Gasteiger partial charge in [-0.1, -0.05) is 13.0 Å². The van der Waals surface area contributed by atoms with Crippen molar-refractivity contribution in [3.63, 3.8) is 0 Å². The summed E-state index contributed by atoms with van der Waals surface area (Å²) >= 11 is 0. The molecule has 0 aliphatic heterocycles. The van der Waals surface area contributed by atoms with Crippen LogP contribution in [0.1, 0.15) is 37.3 Å². The monoisotopic (exact) mass is 243 g/mol. The van der Waals surface area contributed by atoms with Crippen LogP contribution in [-0.2, 0) is 6.54 Å². The molecule has 1 aliphatic carbocycles. The number of nitriles is 1.